The van der Waals surface area contributed by atoms with Crippen molar-refractivity contribution in [3.05, 3.63) is 347 Å². The van der Waals surface area contributed by atoms with Gasteiger partial charge in [0.2, 0.25) is 0 Å². The molecule has 8 nitrogen and oxygen atoms in total. The number of hydrogen-bond acceptors (Lipinski definition) is 5. The maximum atomic E-state index is 15.0. The second-order valence-electron chi connectivity index (χ2n) is 27.1. The second-order valence-corrected chi connectivity index (χ2v) is 27.1. The molecule has 0 saturated carbocycles. The molecule has 1 unspecified atom stereocenters. The molecule has 0 spiro atoms. The van der Waals surface area contributed by atoms with Crippen molar-refractivity contribution in [1.29, 1.82) is 0 Å². The number of pyridine rings is 1. The number of phenolic OH excluding ortho intramolecular Hbond substituents is 2. The first-order valence-electron chi connectivity index (χ1n) is 34.9. The molecule has 0 aliphatic heterocycles. The van der Waals surface area contributed by atoms with E-state index in [9.17, 15) is 19.0 Å². The predicted molar refractivity (Wildman–Crippen MR) is 437 cm³/mol. The number of benzene rings is 12. The van der Waals surface area contributed by atoms with Crippen LogP contribution in [0.2, 0.25) is 0 Å². The van der Waals surface area contributed by atoms with E-state index in [-0.39, 0.29) is 98.9 Å². The average Bonchev–Trinajstić information content (AvgIpc) is 1.59. The summed E-state index contributed by atoms with van der Waals surface area (Å²) < 4.78 is 46.6. The Bertz CT molecular complexity index is 5220. The van der Waals surface area contributed by atoms with Gasteiger partial charge in [-0.3, -0.25) is 0 Å². The summed E-state index contributed by atoms with van der Waals surface area (Å²) >= 11 is 0. The van der Waals surface area contributed by atoms with E-state index in [0.717, 1.165) is 82.8 Å². The molecule has 3 heterocycles. The summed E-state index contributed by atoms with van der Waals surface area (Å²) in [7, 11) is 0. The van der Waals surface area contributed by atoms with Crippen molar-refractivity contribution < 1.29 is 80.2 Å². The third-order valence-corrected chi connectivity index (χ3v) is 19.2. The molecular weight excluding hydrogens is 1660 g/mol. The maximum absolute atomic E-state index is 15.0. The molecule has 15 aromatic rings. The minimum Gasteiger partial charge on any atom is -0.673 e. The van der Waals surface area contributed by atoms with E-state index in [1.807, 2.05) is 126 Å². The Hall–Kier alpha value is -9.75. The minimum atomic E-state index is -0.447. The van der Waals surface area contributed by atoms with Crippen LogP contribution < -0.4 is 9.47 Å². The SMILES string of the molecule is CC(C)c1ccccc1C([N-]c1c(C(C)C)cccc1C(C)C)c1cccc(-c2[c-]ccc3ccccc23)n1.Cc1cc(-c2cc(F)ccc2OCCCCOc2ccc(F)cc2-c2cc(C)cc(-n3c4ccccc4c4ccccc43)c2O)c(O)c(-n2c3ccccc3c3ccccc32)c1.[CH3-].[CH3-].[CH3-].[CH3-].[Hf+4].[Hf]. The maximum Gasteiger partial charge on any atom is 4.00 e. The molecule has 2 N–H and O–H groups in total. The van der Waals surface area contributed by atoms with Gasteiger partial charge in [-0.1, -0.05) is 215 Å². The summed E-state index contributed by atoms with van der Waals surface area (Å²) in [5, 5.41) is 36.2. The van der Waals surface area contributed by atoms with E-state index in [1.54, 1.807) is 12.1 Å². The van der Waals surface area contributed by atoms with Gasteiger partial charge in [-0.15, -0.1) is 34.8 Å². The quantitative estimate of drug-likeness (QED) is 0.0478. The smallest absolute Gasteiger partial charge is 0.673 e. The molecule has 3 aromatic heterocycles. The molecule has 0 fully saturated rings. The molecule has 0 aliphatic rings. The van der Waals surface area contributed by atoms with Gasteiger partial charge in [0.15, 0.2) is 0 Å². The largest absolute Gasteiger partial charge is 4.00 e. The van der Waals surface area contributed by atoms with E-state index in [0.29, 0.717) is 88.9 Å². The zero-order valence-corrected chi connectivity index (χ0v) is 70.3. The standard InChI is InChI=1S/C54H42F2N2O4.C37H38N2.4CH3.2Hf/c1-33-27-43(53(59)49(29-33)57-45-17-7-3-13-37(45)38-14-4-8-18-46(38)57)41-31-35(55)21-23-51(41)61-25-11-12-26-62-52-24-22-36(56)32-42(52)44-28-34(2)30-50(54(44)60)58-47-19-9-5-15-39(47)40-16-6-10-20-48(40)58;1-24(2)28-16-9-10-18-33(28)37(39-36-29(25(3)4)19-12-20-30(36)26(5)6)35-23-13-22-34(38-35)32-21-11-15-27-14-7-8-17-31(27)32;;;;;;/h3-10,13-24,27-32,59-60H,11-12,25-26H2,1-2H3;7-20,22-26,37H,1-6H3;4*1H3;;/q;-2;4*-1;;+4. The van der Waals surface area contributed by atoms with Gasteiger partial charge in [0.05, 0.1) is 46.7 Å². The molecule has 0 radical (unpaired) electrons. The number of aromatic hydroxyl groups is 2. The van der Waals surface area contributed by atoms with Gasteiger partial charge >= 0.3 is 25.8 Å². The number of unbranched alkanes of at least 4 members (excludes halogenated alkanes) is 1. The molecule has 0 saturated heterocycles. The Morgan fingerprint density at radius 1 is 0.430 bits per heavy atom. The van der Waals surface area contributed by atoms with Crippen LogP contribution in [0.15, 0.2) is 255 Å². The van der Waals surface area contributed by atoms with Crippen molar-refractivity contribution >= 4 is 60.1 Å². The van der Waals surface area contributed by atoms with Crippen molar-refractivity contribution in [3.63, 3.8) is 0 Å². The van der Waals surface area contributed by atoms with Crippen LogP contribution in [0, 0.1) is 61.3 Å². The Balaban J connectivity index is 0.000000280. The van der Waals surface area contributed by atoms with Crippen molar-refractivity contribution in [2.75, 3.05) is 13.2 Å². The van der Waals surface area contributed by atoms with Gasteiger partial charge in [-0.05, 0) is 164 Å². The molecule has 12 heteroatoms. The molecular formula is C95H92F2Hf2N4O4-2. The monoisotopic (exact) mass is 1750 g/mol. The summed E-state index contributed by atoms with van der Waals surface area (Å²) in [5.74, 6) is 1.13. The van der Waals surface area contributed by atoms with Crippen molar-refractivity contribution in [1.82, 2.24) is 14.1 Å². The van der Waals surface area contributed by atoms with Crippen LogP contribution in [-0.2, 0) is 51.7 Å². The van der Waals surface area contributed by atoms with Crippen LogP contribution in [0.4, 0.5) is 14.5 Å². The van der Waals surface area contributed by atoms with Gasteiger partial charge in [0.1, 0.15) is 34.6 Å². The molecule has 0 aliphatic carbocycles. The normalized spacial score (nSPS) is 11.3. The fourth-order valence-corrected chi connectivity index (χ4v) is 14.4. The van der Waals surface area contributed by atoms with Gasteiger partial charge in [-0.2, -0.15) is 0 Å². The molecule has 15 rings (SSSR count). The number of hydrogen-bond donors (Lipinski definition) is 2. The Kier molecular flexibility index (Phi) is 28.1. The summed E-state index contributed by atoms with van der Waals surface area (Å²) in [6, 6.07) is 86.1. The van der Waals surface area contributed by atoms with Crippen LogP contribution in [0.3, 0.4) is 0 Å². The summed E-state index contributed by atoms with van der Waals surface area (Å²) in [4.78, 5) is 5.29. The molecule has 107 heavy (non-hydrogen) atoms. The zero-order chi connectivity index (χ0) is 70.0. The summed E-state index contributed by atoms with van der Waals surface area (Å²) in [5.41, 5.74) is 17.7. The average molecular weight is 1750 g/mol. The first-order valence-corrected chi connectivity index (χ1v) is 34.9. The van der Waals surface area contributed by atoms with Crippen LogP contribution in [0.1, 0.15) is 117 Å². The topological polar surface area (TPSA) is 95.8 Å². The van der Waals surface area contributed by atoms with E-state index < -0.39 is 11.6 Å². The Morgan fingerprint density at radius 2 is 0.822 bits per heavy atom. The number of rotatable bonds is 19. The zero-order valence-electron chi connectivity index (χ0n) is 63.1. The van der Waals surface area contributed by atoms with E-state index >= 15 is 0 Å². The van der Waals surface area contributed by atoms with Crippen molar-refractivity contribution in [2.45, 2.75) is 92.0 Å². The Labute approximate surface area is 668 Å². The van der Waals surface area contributed by atoms with Gasteiger partial charge in [-0.25, -0.2) is 8.78 Å². The number of nitrogens with zero attached hydrogens (tertiary/aromatic N) is 4. The molecule has 0 amide bonds. The number of phenols is 2. The van der Waals surface area contributed by atoms with E-state index in [4.69, 9.17) is 19.8 Å². The first kappa shape index (κ1) is 82.9. The van der Waals surface area contributed by atoms with Crippen LogP contribution in [-0.4, -0.2) is 37.5 Å². The minimum absolute atomic E-state index is 0. The third-order valence-electron chi connectivity index (χ3n) is 19.2. The third kappa shape index (κ3) is 16.9. The molecule has 0 bridgehead atoms. The van der Waals surface area contributed by atoms with Gasteiger partial charge in [0.25, 0.3) is 0 Å². The fourth-order valence-electron chi connectivity index (χ4n) is 14.4. The summed E-state index contributed by atoms with van der Waals surface area (Å²) in [6.45, 7) is 18.0. The van der Waals surface area contributed by atoms with Crippen molar-refractivity contribution in [2.24, 2.45) is 0 Å². The number of aromatic nitrogens is 3. The predicted octanol–water partition coefficient (Wildman–Crippen LogP) is 26.4. The first-order chi connectivity index (χ1) is 49.1. The number of fused-ring (bicyclic) bond motifs is 7. The van der Waals surface area contributed by atoms with E-state index in [1.165, 1.54) is 51.9 Å². The number of aryl methyl sites for hydroxylation is 2. The van der Waals surface area contributed by atoms with Crippen LogP contribution in [0.5, 0.6) is 23.0 Å². The second kappa shape index (κ2) is 36.2. The van der Waals surface area contributed by atoms with Gasteiger partial charge < -0.3 is 68.8 Å². The van der Waals surface area contributed by atoms with Crippen LogP contribution in [0.25, 0.3) is 105 Å². The van der Waals surface area contributed by atoms with Gasteiger partial charge in [0, 0.05) is 75.3 Å². The molecule has 1 atom stereocenters. The number of ether oxygens (including phenoxy) is 2. The molecule has 540 valence electrons. The fraction of sp³-hybridized carbons (Fsp3) is 0.168. The van der Waals surface area contributed by atoms with Crippen LogP contribution >= 0.6 is 0 Å². The molecule has 12 aromatic carbocycles. The summed E-state index contributed by atoms with van der Waals surface area (Å²) in [6.07, 6.45) is 1.18. The Morgan fingerprint density at radius 3 is 1.27 bits per heavy atom. The number of para-hydroxylation sites is 5. The van der Waals surface area contributed by atoms with E-state index in [2.05, 4.69) is 163 Å². The number of halogens is 2. The van der Waals surface area contributed by atoms with Crippen molar-refractivity contribution in [3.8, 4) is 67.9 Å².